The van der Waals surface area contributed by atoms with Crippen molar-refractivity contribution in [3.63, 3.8) is 0 Å². The van der Waals surface area contributed by atoms with Gasteiger partial charge in [0, 0.05) is 15.6 Å². The summed E-state index contributed by atoms with van der Waals surface area (Å²) in [4.78, 5) is 0. The van der Waals surface area contributed by atoms with Crippen LogP contribution in [0.1, 0.15) is 84.0 Å². The lowest BCUT2D eigenvalue weighted by Crippen LogP contribution is -2.37. The van der Waals surface area contributed by atoms with Gasteiger partial charge in [-0.05, 0) is 73.3 Å². The Kier molecular flexibility index (Phi) is 8.31. The molecule has 0 aliphatic heterocycles. The number of rotatable bonds is 10. The largest absolute Gasteiger partial charge is 0.410 e. The third-order valence-corrected chi connectivity index (χ3v) is 11.9. The van der Waals surface area contributed by atoms with Crippen molar-refractivity contribution in [3.8, 4) is 0 Å². The van der Waals surface area contributed by atoms with E-state index >= 15 is 0 Å². The van der Waals surface area contributed by atoms with E-state index in [9.17, 15) is 0 Å². The molecule has 0 bridgehead atoms. The van der Waals surface area contributed by atoms with E-state index in [1.807, 2.05) is 19.1 Å². The number of aryl methyl sites for hydroxylation is 1. The van der Waals surface area contributed by atoms with E-state index < -0.39 is 8.32 Å². The fourth-order valence-electron chi connectivity index (χ4n) is 4.88. The highest BCUT2D eigenvalue weighted by molar-refractivity contribution is 6.73. The van der Waals surface area contributed by atoms with Gasteiger partial charge in [0.2, 0.25) is 0 Å². The molecule has 0 aromatic heterocycles. The first-order valence-corrected chi connectivity index (χ1v) is 14.1. The SMILES string of the molecule is CC[Si](CC)(CC)OC(CCCC1CC(C)(C)C1)c1c(Cl)cc(C)cc1Cl. The van der Waals surface area contributed by atoms with Crippen molar-refractivity contribution in [2.45, 2.75) is 97.9 Å². The maximum atomic E-state index is 6.92. The summed E-state index contributed by atoms with van der Waals surface area (Å²) in [6, 6.07) is 7.50. The van der Waals surface area contributed by atoms with Gasteiger partial charge in [0.25, 0.3) is 0 Å². The Bertz CT molecular complexity index is 586. The highest BCUT2D eigenvalue weighted by atomic mass is 35.5. The van der Waals surface area contributed by atoms with Crippen LogP contribution in [0.15, 0.2) is 12.1 Å². The van der Waals surface area contributed by atoms with E-state index in [0.717, 1.165) is 51.6 Å². The van der Waals surface area contributed by atoms with Crippen LogP contribution < -0.4 is 0 Å². The zero-order valence-electron chi connectivity index (χ0n) is 18.1. The molecule has 1 aromatic rings. The molecule has 1 aliphatic rings. The monoisotopic (exact) mass is 428 g/mol. The Morgan fingerprint density at radius 1 is 1.07 bits per heavy atom. The lowest BCUT2D eigenvalue weighted by atomic mass is 9.63. The second-order valence-corrected chi connectivity index (χ2v) is 14.9. The molecule has 1 aliphatic carbocycles. The zero-order chi connectivity index (χ0) is 20.2. The van der Waals surface area contributed by atoms with Crippen LogP contribution >= 0.6 is 23.2 Å². The highest BCUT2D eigenvalue weighted by Gasteiger charge is 2.36. The number of benzene rings is 1. The molecule has 0 saturated heterocycles. The normalized spacial score (nSPS) is 18.4. The summed E-state index contributed by atoms with van der Waals surface area (Å²) >= 11 is 13.3. The highest BCUT2D eigenvalue weighted by Crippen LogP contribution is 2.48. The van der Waals surface area contributed by atoms with Crippen molar-refractivity contribution >= 4 is 31.5 Å². The van der Waals surface area contributed by atoms with Crippen molar-refractivity contribution in [1.82, 2.24) is 0 Å². The Hall–Kier alpha value is -0.0231. The van der Waals surface area contributed by atoms with Crippen LogP contribution in [0.3, 0.4) is 0 Å². The van der Waals surface area contributed by atoms with Gasteiger partial charge < -0.3 is 4.43 Å². The maximum Gasteiger partial charge on any atom is 0.192 e. The molecule has 4 heteroatoms. The molecule has 1 nitrogen and oxygen atoms in total. The first-order chi connectivity index (χ1) is 12.6. The summed E-state index contributed by atoms with van der Waals surface area (Å²) in [5.74, 6) is 0.884. The summed E-state index contributed by atoms with van der Waals surface area (Å²) in [5.41, 5.74) is 2.68. The zero-order valence-corrected chi connectivity index (χ0v) is 20.6. The van der Waals surface area contributed by atoms with Gasteiger partial charge in [0.15, 0.2) is 8.32 Å². The molecule has 0 N–H and O–H groups in total. The molecule has 154 valence electrons. The Morgan fingerprint density at radius 3 is 2.04 bits per heavy atom. The second kappa shape index (κ2) is 9.65. The van der Waals surface area contributed by atoms with Gasteiger partial charge >= 0.3 is 0 Å². The summed E-state index contributed by atoms with van der Waals surface area (Å²) in [5, 5.41) is 1.53. The number of hydrogen-bond acceptors (Lipinski definition) is 1. The predicted octanol–water partition coefficient (Wildman–Crippen LogP) is 8.97. The molecular weight excluding hydrogens is 391 g/mol. The van der Waals surface area contributed by atoms with Crippen molar-refractivity contribution < 1.29 is 4.43 Å². The Labute approximate surface area is 178 Å². The molecule has 0 radical (unpaired) electrons. The van der Waals surface area contributed by atoms with Gasteiger partial charge in [-0.25, -0.2) is 0 Å². The van der Waals surface area contributed by atoms with Gasteiger partial charge in [0.05, 0.1) is 6.10 Å². The second-order valence-electron chi connectivity index (χ2n) is 9.36. The van der Waals surface area contributed by atoms with Gasteiger partial charge in [-0.3, -0.25) is 0 Å². The fraction of sp³-hybridized carbons (Fsp3) is 0.739. The summed E-state index contributed by atoms with van der Waals surface area (Å²) in [6.45, 7) is 13.6. The quantitative estimate of drug-likeness (QED) is 0.337. The van der Waals surface area contributed by atoms with Crippen LogP contribution in [0.25, 0.3) is 0 Å². The molecule has 1 unspecified atom stereocenters. The lowest BCUT2D eigenvalue weighted by Gasteiger charge is -2.43. The average Bonchev–Trinajstić information content (AvgIpc) is 2.56. The minimum Gasteiger partial charge on any atom is -0.410 e. The third kappa shape index (κ3) is 5.98. The topological polar surface area (TPSA) is 9.23 Å². The molecule has 27 heavy (non-hydrogen) atoms. The van der Waals surface area contributed by atoms with E-state index in [2.05, 4.69) is 34.6 Å². The Balaban J connectivity index is 2.16. The summed E-state index contributed by atoms with van der Waals surface area (Å²) in [6.07, 6.45) is 6.26. The molecule has 1 saturated carbocycles. The fourth-order valence-corrected chi connectivity index (χ4v) is 8.56. The van der Waals surface area contributed by atoms with E-state index in [1.54, 1.807) is 0 Å². The Morgan fingerprint density at radius 2 is 1.59 bits per heavy atom. The standard InChI is InChI=1S/C23H38Cl2OSi/c1-7-27(8-2,9-3)26-21(12-10-11-18-15-23(5,6)16-18)22-19(24)13-17(4)14-20(22)25/h13-14,18,21H,7-12,15-16H2,1-6H3. The smallest absolute Gasteiger partial charge is 0.192 e. The molecule has 0 heterocycles. The van der Waals surface area contributed by atoms with Crippen LogP contribution in [0.2, 0.25) is 28.2 Å². The summed E-state index contributed by atoms with van der Waals surface area (Å²) < 4.78 is 6.92. The van der Waals surface area contributed by atoms with E-state index in [-0.39, 0.29) is 6.10 Å². The molecule has 0 spiro atoms. The van der Waals surface area contributed by atoms with Crippen LogP contribution in [0, 0.1) is 18.3 Å². The summed E-state index contributed by atoms with van der Waals surface area (Å²) in [7, 11) is -1.73. The average molecular weight is 430 g/mol. The van der Waals surface area contributed by atoms with Crippen LogP contribution in [-0.4, -0.2) is 8.32 Å². The van der Waals surface area contributed by atoms with E-state index in [1.165, 1.54) is 25.7 Å². The maximum absolute atomic E-state index is 6.92. The molecule has 1 aromatic carbocycles. The first kappa shape index (κ1) is 23.3. The van der Waals surface area contributed by atoms with Gasteiger partial charge in [-0.15, -0.1) is 0 Å². The molecule has 1 atom stereocenters. The molecule has 2 rings (SSSR count). The van der Waals surface area contributed by atoms with Gasteiger partial charge in [0.1, 0.15) is 0 Å². The number of halogens is 2. The van der Waals surface area contributed by atoms with Gasteiger partial charge in [-0.2, -0.15) is 0 Å². The van der Waals surface area contributed by atoms with Crippen molar-refractivity contribution in [3.05, 3.63) is 33.3 Å². The minimum atomic E-state index is -1.73. The first-order valence-electron chi connectivity index (χ1n) is 10.8. The lowest BCUT2D eigenvalue weighted by molar-refractivity contribution is 0.0828. The minimum absolute atomic E-state index is 0.0326. The molecule has 1 fully saturated rings. The molecular formula is C23H38Cl2OSi. The van der Waals surface area contributed by atoms with Crippen LogP contribution in [0.5, 0.6) is 0 Å². The van der Waals surface area contributed by atoms with Crippen LogP contribution in [-0.2, 0) is 4.43 Å². The molecule has 0 amide bonds. The van der Waals surface area contributed by atoms with Crippen molar-refractivity contribution in [2.75, 3.05) is 0 Å². The van der Waals surface area contributed by atoms with E-state index in [4.69, 9.17) is 27.6 Å². The van der Waals surface area contributed by atoms with Crippen LogP contribution in [0.4, 0.5) is 0 Å². The predicted molar refractivity (Wildman–Crippen MR) is 123 cm³/mol. The van der Waals surface area contributed by atoms with Crippen molar-refractivity contribution in [2.24, 2.45) is 11.3 Å². The van der Waals surface area contributed by atoms with Gasteiger partial charge in [-0.1, -0.05) is 70.7 Å². The third-order valence-electron chi connectivity index (χ3n) is 6.63. The van der Waals surface area contributed by atoms with E-state index in [0.29, 0.717) is 5.41 Å². The van der Waals surface area contributed by atoms with Crippen molar-refractivity contribution in [1.29, 1.82) is 0 Å². The number of hydrogen-bond donors (Lipinski definition) is 0.